The molecule has 0 radical (unpaired) electrons. The van der Waals surface area contributed by atoms with Crippen LogP contribution >= 0.6 is 0 Å². The number of piperidine rings is 1. The lowest BCUT2D eigenvalue weighted by Gasteiger charge is -2.32. The fraction of sp³-hybridized carbons (Fsp3) is 0.348. The van der Waals surface area contributed by atoms with Gasteiger partial charge < -0.3 is 15.1 Å². The van der Waals surface area contributed by atoms with Gasteiger partial charge in [-0.05, 0) is 55.7 Å². The molecule has 3 amide bonds. The third-order valence-corrected chi connectivity index (χ3v) is 5.70. The first-order valence-corrected chi connectivity index (χ1v) is 10.3. The third-order valence-electron chi connectivity index (χ3n) is 5.70. The van der Waals surface area contributed by atoms with E-state index in [1.54, 1.807) is 15.9 Å². The van der Waals surface area contributed by atoms with Gasteiger partial charge in [0.05, 0.1) is 17.3 Å². The third kappa shape index (κ3) is 4.20. The van der Waals surface area contributed by atoms with Crippen molar-refractivity contribution in [3.05, 3.63) is 59.9 Å². The van der Waals surface area contributed by atoms with E-state index in [0.717, 1.165) is 12.8 Å². The van der Waals surface area contributed by atoms with Crippen LogP contribution in [0.4, 0.5) is 15.8 Å². The van der Waals surface area contributed by atoms with Gasteiger partial charge in [-0.3, -0.25) is 14.4 Å². The Bertz CT molecular complexity index is 960. The number of carbonyl (C=O) groups excluding carboxylic acids is 3. The minimum absolute atomic E-state index is 0.0606. The van der Waals surface area contributed by atoms with Gasteiger partial charge in [-0.15, -0.1) is 0 Å². The van der Waals surface area contributed by atoms with Crippen LogP contribution in [0.5, 0.6) is 0 Å². The minimum atomic E-state index is -0.391. The number of amides is 3. The molecule has 2 aromatic carbocycles. The van der Waals surface area contributed by atoms with Gasteiger partial charge in [-0.25, -0.2) is 4.39 Å². The Morgan fingerprint density at radius 1 is 1.00 bits per heavy atom. The number of likely N-dealkylation sites (tertiary alicyclic amines) is 1. The van der Waals surface area contributed by atoms with Gasteiger partial charge in [0.1, 0.15) is 5.82 Å². The fourth-order valence-electron chi connectivity index (χ4n) is 4.10. The maximum atomic E-state index is 13.1. The first-order valence-electron chi connectivity index (χ1n) is 10.3. The topological polar surface area (TPSA) is 69.7 Å². The molecule has 2 aromatic rings. The molecule has 1 unspecified atom stereocenters. The summed E-state index contributed by atoms with van der Waals surface area (Å²) < 4.78 is 13.1. The van der Waals surface area contributed by atoms with Gasteiger partial charge in [0.2, 0.25) is 11.8 Å². The van der Waals surface area contributed by atoms with Crippen molar-refractivity contribution in [2.24, 2.45) is 5.92 Å². The van der Waals surface area contributed by atoms with Gasteiger partial charge >= 0.3 is 0 Å². The van der Waals surface area contributed by atoms with Gasteiger partial charge in [0.15, 0.2) is 0 Å². The number of nitrogens with one attached hydrogen (secondary N) is 1. The zero-order chi connectivity index (χ0) is 21.1. The van der Waals surface area contributed by atoms with E-state index in [-0.39, 0.29) is 23.6 Å². The van der Waals surface area contributed by atoms with Crippen LogP contribution in [-0.4, -0.2) is 42.3 Å². The molecule has 0 aliphatic carbocycles. The smallest absolute Gasteiger partial charge is 0.253 e. The average Bonchev–Trinajstić information content (AvgIpc) is 3.20. The Hall–Kier alpha value is -3.22. The Balaban J connectivity index is 1.45. The number of hydrogen-bond acceptors (Lipinski definition) is 3. The van der Waals surface area contributed by atoms with Crippen LogP contribution in [0.15, 0.2) is 48.5 Å². The number of halogens is 1. The van der Waals surface area contributed by atoms with Crippen molar-refractivity contribution in [3.63, 3.8) is 0 Å². The predicted molar refractivity (Wildman–Crippen MR) is 112 cm³/mol. The molecule has 0 spiro atoms. The molecule has 1 N–H and O–H groups in total. The summed E-state index contributed by atoms with van der Waals surface area (Å²) in [5.74, 6) is -1.03. The van der Waals surface area contributed by atoms with Gasteiger partial charge in [0.25, 0.3) is 5.91 Å². The Morgan fingerprint density at radius 3 is 2.50 bits per heavy atom. The Morgan fingerprint density at radius 2 is 1.77 bits per heavy atom. The minimum Gasteiger partial charge on any atom is -0.338 e. The van der Waals surface area contributed by atoms with Crippen LogP contribution in [-0.2, 0) is 9.59 Å². The highest BCUT2D eigenvalue weighted by Crippen LogP contribution is 2.30. The standard InChI is InChI=1S/C23H24FN3O3/c24-18-11-9-16(10-12-18)23(30)26-13-3-5-17(15-26)22(29)25-19-6-1-2-7-20(19)27-14-4-8-21(27)28/h1-2,6-7,9-12,17H,3-5,8,13-15H2,(H,25,29). The summed E-state index contributed by atoms with van der Waals surface area (Å²) in [4.78, 5) is 41.2. The van der Waals surface area contributed by atoms with E-state index in [1.807, 2.05) is 18.2 Å². The van der Waals surface area contributed by atoms with Crippen molar-refractivity contribution in [2.75, 3.05) is 29.9 Å². The number of rotatable bonds is 4. The van der Waals surface area contributed by atoms with Crippen molar-refractivity contribution >= 4 is 29.1 Å². The maximum absolute atomic E-state index is 13.1. The second kappa shape index (κ2) is 8.65. The molecule has 4 rings (SSSR count). The van der Waals surface area contributed by atoms with Crippen LogP contribution in [0.2, 0.25) is 0 Å². The maximum Gasteiger partial charge on any atom is 0.253 e. The Labute approximate surface area is 174 Å². The summed E-state index contributed by atoms with van der Waals surface area (Å²) in [6.45, 7) is 1.53. The predicted octanol–water partition coefficient (Wildman–Crippen LogP) is 3.44. The highest BCUT2D eigenvalue weighted by Gasteiger charge is 2.30. The van der Waals surface area contributed by atoms with Crippen LogP contribution in [0.1, 0.15) is 36.0 Å². The highest BCUT2D eigenvalue weighted by atomic mass is 19.1. The van der Waals surface area contributed by atoms with Gasteiger partial charge in [-0.1, -0.05) is 12.1 Å². The van der Waals surface area contributed by atoms with Crippen molar-refractivity contribution < 1.29 is 18.8 Å². The van der Waals surface area contributed by atoms with Crippen molar-refractivity contribution in [2.45, 2.75) is 25.7 Å². The van der Waals surface area contributed by atoms with Crippen molar-refractivity contribution in [1.82, 2.24) is 4.90 Å². The largest absolute Gasteiger partial charge is 0.338 e. The van der Waals surface area contributed by atoms with E-state index in [0.29, 0.717) is 49.4 Å². The summed E-state index contributed by atoms with van der Waals surface area (Å²) in [6, 6.07) is 12.8. The fourth-order valence-corrected chi connectivity index (χ4v) is 4.10. The van der Waals surface area contributed by atoms with Crippen LogP contribution < -0.4 is 10.2 Å². The van der Waals surface area contributed by atoms with E-state index in [2.05, 4.69) is 5.32 Å². The van der Waals surface area contributed by atoms with Gasteiger partial charge in [0, 0.05) is 31.6 Å². The van der Waals surface area contributed by atoms with Crippen molar-refractivity contribution in [1.29, 1.82) is 0 Å². The Kier molecular flexibility index (Phi) is 5.79. The van der Waals surface area contributed by atoms with E-state index >= 15 is 0 Å². The number of anilines is 2. The van der Waals surface area contributed by atoms with E-state index in [9.17, 15) is 18.8 Å². The van der Waals surface area contributed by atoms with Crippen LogP contribution in [0.3, 0.4) is 0 Å². The summed E-state index contributed by atoms with van der Waals surface area (Å²) in [6.07, 6.45) is 2.73. The molecule has 1 atom stereocenters. The molecule has 0 aromatic heterocycles. The van der Waals surface area contributed by atoms with Crippen molar-refractivity contribution in [3.8, 4) is 0 Å². The summed E-state index contributed by atoms with van der Waals surface area (Å²) >= 11 is 0. The first-order chi connectivity index (χ1) is 14.5. The molecule has 2 heterocycles. The number of carbonyl (C=O) groups is 3. The lowest BCUT2D eigenvalue weighted by Crippen LogP contribution is -2.43. The summed E-state index contributed by atoms with van der Waals surface area (Å²) in [5.41, 5.74) is 1.73. The lowest BCUT2D eigenvalue weighted by atomic mass is 9.96. The molecular weight excluding hydrogens is 385 g/mol. The zero-order valence-corrected chi connectivity index (χ0v) is 16.6. The lowest BCUT2D eigenvalue weighted by molar-refractivity contribution is -0.121. The molecule has 7 heteroatoms. The van der Waals surface area contributed by atoms with Crippen LogP contribution in [0, 0.1) is 11.7 Å². The molecular formula is C23H24FN3O3. The quantitative estimate of drug-likeness (QED) is 0.841. The number of hydrogen-bond donors (Lipinski definition) is 1. The molecule has 156 valence electrons. The molecule has 2 saturated heterocycles. The number of para-hydroxylation sites is 2. The molecule has 2 fully saturated rings. The molecule has 30 heavy (non-hydrogen) atoms. The summed E-state index contributed by atoms with van der Waals surface area (Å²) in [5, 5.41) is 2.96. The number of nitrogens with zero attached hydrogens (tertiary/aromatic N) is 2. The highest BCUT2D eigenvalue weighted by molar-refractivity contribution is 6.03. The molecule has 0 bridgehead atoms. The van der Waals surface area contributed by atoms with Gasteiger partial charge in [-0.2, -0.15) is 0 Å². The SMILES string of the molecule is O=C(Nc1ccccc1N1CCCC1=O)C1CCCN(C(=O)c2ccc(F)cc2)C1. The monoisotopic (exact) mass is 409 g/mol. The van der Waals surface area contributed by atoms with E-state index in [4.69, 9.17) is 0 Å². The first kappa shape index (κ1) is 20.1. The summed E-state index contributed by atoms with van der Waals surface area (Å²) in [7, 11) is 0. The molecule has 0 saturated carbocycles. The molecule has 2 aliphatic rings. The second-order valence-corrected chi connectivity index (χ2v) is 7.75. The molecule has 6 nitrogen and oxygen atoms in total. The molecule has 2 aliphatic heterocycles. The van der Waals surface area contributed by atoms with E-state index in [1.165, 1.54) is 24.3 Å². The normalized spacial score (nSPS) is 19.1. The second-order valence-electron chi connectivity index (χ2n) is 7.75. The van der Waals surface area contributed by atoms with Crippen LogP contribution in [0.25, 0.3) is 0 Å². The average molecular weight is 409 g/mol. The number of benzene rings is 2. The zero-order valence-electron chi connectivity index (χ0n) is 16.6. The van der Waals surface area contributed by atoms with E-state index < -0.39 is 5.82 Å².